The lowest BCUT2D eigenvalue weighted by Gasteiger charge is -2.18. The van der Waals surface area contributed by atoms with Gasteiger partial charge in [0, 0.05) is 6.61 Å². The zero-order chi connectivity index (χ0) is 14.4. The molecule has 2 aromatic rings. The number of hydrogen-bond acceptors (Lipinski definition) is 2. The first-order valence-electron chi connectivity index (χ1n) is 6.39. The molecule has 0 spiro atoms. The van der Waals surface area contributed by atoms with Crippen LogP contribution in [0.5, 0.6) is 5.75 Å². The van der Waals surface area contributed by atoms with Crippen LogP contribution in [0, 0.1) is 0 Å². The summed E-state index contributed by atoms with van der Waals surface area (Å²) in [5.41, 5.74) is 0. The van der Waals surface area contributed by atoms with Gasteiger partial charge in [-0.3, -0.25) is 0 Å². The molecule has 0 aromatic heterocycles. The van der Waals surface area contributed by atoms with E-state index >= 15 is 0 Å². The van der Waals surface area contributed by atoms with E-state index in [1.165, 1.54) is 0 Å². The quantitative estimate of drug-likeness (QED) is 0.351. The molecule has 0 saturated carbocycles. The van der Waals surface area contributed by atoms with Crippen molar-refractivity contribution < 1.29 is 9.47 Å². The summed E-state index contributed by atoms with van der Waals surface area (Å²) in [6.07, 6.45) is 0. The van der Waals surface area contributed by atoms with Gasteiger partial charge < -0.3 is 9.47 Å². The van der Waals surface area contributed by atoms with Gasteiger partial charge in [-0.1, -0.05) is 42.5 Å². The third-order valence-corrected chi connectivity index (χ3v) is 7.60. The molecule has 106 valence electrons. The highest BCUT2D eigenvalue weighted by atomic mass is 35.7. The van der Waals surface area contributed by atoms with Crippen LogP contribution >= 0.6 is 22.2 Å². The van der Waals surface area contributed by atoms with E-state index in [9.17, 15) is 0 Å². The average Bonchev–Trinajstić information content (AvgIpc) is 2.49. The molecule has 20 heavy (non-hydrogen) atoms. The van der Waals surface area contributed by atoms with E-state index < -0.39 is 6.69 Å². The van der Waals surface area contributed by atoms with Crippen molar-refractivity contribution >= 4 is 39.2 Å². The molecule has 0 aliphatic carbocycles. The van der Waals surface area contributed by atoms with Crippen molar-refractivity contribution in [1.29, 1.82) is 0 Å². The second-order valence-corrected chi connectivity index (χ2v) is 10.5. The molecule has 0 saturated heterocycles. The second-order valence-electron chi connectivity index (χ2n) is 4.22. The predicted molar refractivity (Wildman–Crippen MR) is 86.7 cm³/mol. The number of halogens is 2. The first-order valence-corrected chi connectivity index (χ1v) is 10.4. The molecule has 5 heteroatoms. The number of ether oxygens (including phenoxy) is 2. The van der Waals surface area contributed by atoms with Crippen LogP contribution < -0.4 is 15.1 Å². The Morgan fingerprint density at radius 2 is 1.50 bits per heavy atom. The summed E-state index contributed by atoms with van der Waals surface area (Å²) in [5, 5.41) is 1.92. The van der Waals surface area contributed by atoms with Crippen molar-refractivity contribution in [2.45, 2.75) is 6.92 Å². The van der Waals surface area contributed by atoms with E-state index in [0.717, 1.165) is 16.1 Å². The minimum atomic E-state index is -2.66. The van der Waals surface area contributed by atoms with Crippen LogP contribution in [0.1, 0.15) is 6.92 Å². The molecule has 0 amide bonds. The standard InChI is InChI=1S/C15H16Cl2O2Si/c1-2-18-12-19-13-8-10-15(11-9-13)20(16,17)14-6-4-3-5-7-14/h3-11H,2,12H2,1H3. The fraction of sp³-hybridized carbons (Fsp3) is 0.200. The lowest BCUT2D eigenvalue weighted by Crippen LogP contribution is -2.48. The molecule has 0 radical (unpaired) electrons. The molecule has 0 aliphatic rings. The fourth-order valence-corrected chi connectivity index (χ4v) is 4.81. The van der Waals surface area contributed by atoms with Crippen molar-refractivity contribution in [1.82, 2.24) is 0 Å². The highest BCUT2D eigenvalue weighted by Gasteiger charge is 2.33. The molecule has 0 bridgehead atoms. The minimum Gasteiger partial charge on any atom is -0.468 e. The zero-order valence-electron chi connectivity index (χ0n) is 11.2. The third kappa shape index (κ3) is 3.76. The zero-order valence-corrected chi connectivity index (χ0v) is 13.7. The Morgan fingerprint density at radius 1 is 0.900 bits per heavy atom. The summed E-state index contributed by atoms with van der Waals surface area (Å²) in [7, 11) is 0. The molecule has 0 atom stereocenters. The summed E-state index contributed by atoms with van der Waals surface area (Å²) >= 11 is 13.2. The molecule has 2 rings (SSSR count). The van der Waals surface area contributed by atoms with Crippen molar-refractivity contribution in [3.8, 4) is 5.75 Å². The van der Waals surface area contributed by atoms with Crippen LogP contribution in [-0.2, 0) is 4.74 Å². The van der Waals surface area contributed by atoms with Gasteiger partial charge in [0.15, 0.2) is 6.79 Å². The Bertz CT molecular complexity index is 529. The van der Waals surface area contributed by atoms with Crippen molar-refractivity contribution in [2.24, 2.45) is 0 Å². The summed E-state index contributed by atoms with van der Waals surface area (Å²) in [4.78, 5) is 0. The lowest BCUT2D eigenvalue weighted by atomic mass is 10.3. The number of benzene rings is 2. The minimum absolute atomic E-state index is 0.249. The maximum Gasteiger partial charge on any atom is 0.310 e. The highest BCUT2D eigenvalue weighted by Crippen LogP contribution is 2.17. The SMILES string of the molecule is CCOCOc1ccc([Si](Cl)(Cl)c2ccccc2)cc1. The van der Waals surface area contributed by atoms with Crippen LogP contribution in [0.3, 0.4) is 0 Å². The van der Waals surface area contributed by atoms with Gasteiger partial charge in [0.25, 0.3) is 0 Å². The highest BCUT2D eigenvalue weighted by molar-refractivity contribution is 7.56. The predicted octanol–water partition coefficient (Wildman–Crippen LogP) is 3.09. The van der Waals surface area contributed by atoms with Crippen LogP contribution in [0.25, 0.3) is 0 Å². The molecule has 0 N–H and O–H groups in total. The van der Waals surface area contributed by atoms with E-state index in [-0.39, 0.29) is 6.79 Å². The van der Waals surface area contributed by atoms with Crippen LogP contribution in [0.4, 0.5) is 0 Å². The van der Waals surface area contributed by atoms with Gasteiger partial charge >= 0.3 is 6.69 Å². The Labute approximate surface area is 129 Å². The van der Waals surface area contributed by atoms with Gasteiger partial charge in [-0.25, -0.2) is 0 Å². The van der Waals surface area contributed by atoms with Crippen molar-refractivity contribution in [3.05, 3.63) is 54.6 Å². The molecule has 2 nitrogen and oxygen atoms in total. The maximum absolute atomic E-state index is 6.60. The van der Waals surface area contributed by atoms with E-state index in [1.54, 1.807) is 0 Å². The molecular formula is C15H16Cl2O2Si. The Hall–Kier alpha value is -1.00. The molecule has 0 fully saturated rings. The first kappa shape index (κ1) is 15.4. The van der Waals surface area contributed by atoms with E-state index in [4.69, 9.17) is 31.6 Å². The fourth-order valence-electron chi connectivity index (χ4n) is 1.77. The molecule has 0 heterocycles. The summed E-state index contributed by atoms with van der Waals surface area (Å²) in [5.74, 6) is 0.744. The van der Waals surface area contributed by atoms with Crippen molar-refractivity contribution in [3.63, 3.8) is 0 Å². The lowest BCUT2D eigenvalue weighted by molar-refractivity contribution is 0.0224. The molecular weight excluding hydrogens is 311 g/mol. The topological polar surface area (TPSA) is 18.5 Å². The summed E-state index contributed by atoms with van der Waals surface area (Å²) in [6.45, 7) is 0.144. The van der Waals surface area contributed by atoms with E-state index in [0.29, 0.717) is 6.61 Å². The number of hydrogen-bond donors (Lipinski definition) is 0. The van der Waals surface area contributed by atoms with Gasteiger partial charge in [0.2, 0.25) is 0 Å². The molecule has 2 aromatic carbocycles. The maximum atomic E-state index is 6.60. The van der Waals surface area contributed by atoms with E-state index in [1.807, 2.05) is 61.5 Å². The van der Waals surface area contributed by atoms with Crippen LogP contribution in [0.2, 0.25) is 0 Å². The average molecular weight is 327 g/mol. The van der Waals surface area contributed by atoms with Crippen molar-refractivity contribution in [2.75, 3.05) is 13.4 Å². The normalized spacial score (nSPS) is 11.3. The van der Waals surface area contributed by atoms with Gasteiger partial charge in [-0.2, -0.15) is 0 Å². The molecule has 0 aliphatic heterocycles. The number of rotatable bonds is 6. The van der Waals surface area contributed by atoms with Gasteiger partial charge in [-0.15, -0.1) is 22.2 Å². The van der Waals surface area contributed by atoms with Gasteiger partial charge in [-0.05, 0) is 29.4 Å². The summed E-state index contributed by atoms with van der Waals surface area (Å²) < 4.78 is 10.6. The van der Waals surface area contributed by atoms with Crippen LogP contribution in [-0.4, -0.2) is 20.1 Å². The summed E-state index contributed by atoms with van der Waals surface area (Å²) in [6, 6.07) is 17.3. The monoisotopic (exact) mass is 326 g/mol. The van der Waals surface area contributed by atoms with Gasteiger partial charge in [0.05, 0.1) is 0 Å². The first-order chi connectivity index (χ1) is 9.64. The van der Waals surface area contributed by atoms with Crippen LogP contribution in [0.15, 0.2) is 54.6 Å². The second kappa shape index (κ2) is 7.13. The Morgan fingerprint density at radius 3 is 2.10 bits per heavy atom. The third-order valence-electron chi connectivity index (χ3n) is 2.87. The van der Waals surface area contributed by atoms with Gasteiger partial charge in [0.1, 0.15) is 5.75 Å². The Kier molecular flexibility index (Phi) is 5.49. The smallest absolute Gasteiger partial charge is 0.310 e. The Balaban J connectivity index is 2.13. The molecule has 0 unspecified atom stereocenters. The largest absolute Gasteiger partial charge is 0.468 e. The van der Waals surface area contributed by atoms with E-state index in [2.05, 4.69) is 0 Å².